The molecule has 1 aromatic rings. The first-order valence-electron chi connectivity index (χ1n) is 6.07. The van der Waals surface area contributed by atoms with Crippen molar-refractivity contribution in [2.24, 2.45) is 0 Å². The lowest BCUT2D eigenvalue weighted by Crippen LogP contribution is -2.40. The molecule has 18 heavy (non-hydrogen) atoms. The molecular weight excluding hydrogens is 230 g/mol. The largest absolute Gasteiger partial charge is 0.480 e. The zero-order valence-electron chi connectivity index (χ0n) is 11.0. The first-order valence-corrected chi connectivity index (χ1v) is 6.07. The number of benzene rings is 1. The molecule has 0 aliphatic rings. The van der Waals surface area contributed by atoms with Crippen LogP contribution in [0.15, 0.2) is 18.2 Å². The summed E-state index contributed by atoms with van der Waals surface area (Å²) in [6.07, 6.45) is 1.15. The third-order valence-corrected chi connectivity index (χ3v) is 3.03. The summed E-state index contributed by atoms with van der Waals surface area (Å²) in [4.78, 5) is 23.0. The van der Waals surface area contributed by atoms with Crippen molar-refractivity contribution in [2.45, 2.75) is 39.7 Å². The Hall–Kier alpha value is -1.84. The number of hydrogen-bond acceptors (Lipinski definition) is 2. The third kappa shape index (κ3) is 3.32. The molecule has 0 fully saturated rings. The summed E-state index contributed by atoms with van der Waals surface area (Å²) in [5, 5.41) is 11.6. The van der Waals surface area contributed by atoms with Crippen LogP contribution in [0.25, 0.3) is 0 Å². The number of rotatable bonds is 5. The van der Waals surface area contributed by atoms with Crippen LogP contribution >= 0.6 is 0 Å². The number of aryl methyl sites for hydroxylation is 1. The summed E-state index contributed by atoms with van der Waals surface area (Å²) in [5.41, 5.74) is 2.44. The van der Waals surface area contributed by atoms with Crippen molar-refractivity contribution >= 4 is 11.9 Å². The highest BCUT2D eigenvalue weighted by atomic mass is 16.4. The van der Waals surface area contributed by atoms with Crippen LogP contribution in [0, 0.1) is 13.8 Å². The van der Waals surface area contributed by atoms with Gasteiger partial charge in [-0.3, -0.25) is 4.79 Å². The lowest BCUT2D eigenvalue weighted by molar-refractivity contribution is -0.139. The lowest BCUT2D eigenvalue weighted by Gasteiger charge is -2.15. The van der Waals surface area contributed by atoms with E-state index in [0.717, 1.165) is 11.1 Å². The fraction of sp³-hybridized carbons (Fsp3) is 0.429. The van der Waals surface area contributed by atoms with Gasteiger partial charge in [0.15, 0.2) is 0 Å². The van der Waals surface area contributed by atoms with Crippen molar-refractivity contribution in [3.05, 3.63) is 34.9 Å². The summed E-state index contributed by atoms with van der Waals surface area (Å²) in [5.74, 6) is -1.31. The maximum absolute atomic E-state index is 12.0. The molecule has 1 unspecified atom stereocenters. The Balaban J connectivity index is 2.87. The molecule has 0 saturated carbocycles. The standard InChI is InChI=1S/C14H19NO3/c1-4-6-12(14(17)18)15-13(16)11-8-5-7-9(2)10(11)3/h5,7-8,12H,4,6H2,1-3H3,(H,15,16)(H,17,18). The Morgan fingerprint density at radius 3 is 2.56 bits per heavy atom. The fourth-order valence-electron chi connectivity index (χ4n) is 1.78. The van der Waals surface area contributed by atoms with Gasteiger partial charge < -0.3 is 10.4 Å². The van der Waals surface area contributed by atoms with Crippen LogP contribution in [0.2, 0.25) is 0 Å². The van der Waals surface area contributed by atoms with Crippen LogP contribution in [0.5, 0.6) is 0 Å². The molecule has 98 valence electrons. The summed E-state index contributed by atoms with van der Waals surface area (Å²) >= 11 is 0. The first-order chi connectivity index (χ1) is 8.47. The van der Waals surface area contributed by atoms with Crippen LogP contribution in [-0.2, 0) is 4.79 Å². The predicted molar refractivity (Wildman–Crippen MR) is 69.7 cm³/mol. The molecule has 4 heteroatoms. The van der Waals surface area contributed by atoms with Crippen LogP contribution < -0.4 is 5.32 Å². The van der Waals surface area contributed by atoms with E-state index >= 15 is 0 Å². The maximum Gasteiger partial charge on any atom is 0.326 e. The van der Waals surface area contributed by atoms with Gasteiger partial charge in [-0.15, -0.1) is 0 Å². The number of aliphatic carboxylic acids is 1. The zero-order chi connectivity index (χ0) is 13.7. The molecule has 0 spiro atoms. The van der Waals surface area contributed by atoms with Gasteiger partial charge in [-0.25, -0.2) is 4.79 Å². The quantitative estimate of drug-likeness (QED) is 0.841. The first kappa shape index (κ1) is 14.2. The second-order valence-electron chi connectivity index (χ2n) is 4.40. The van der Waals surface area contributed by atoms with Gasteiger partial charge in [0.2, 0.25) is 0 Å². The Labute approximate surface area is 107 Å². The van der Waals surface area contributed by atoms with Crippen LogP contribution in [0.1, 0.15) is 41.3 Å². The number of carbonyl (C=O) groups is 2. The molecule has 0 heterocycles. The Morgan fingerprint density at radius 2 is 2.00 bits per heavy atom. The van der Waals surface area contributed by atoms with Crippen molar-refractivity contribution in [2.75, 3.05) is 0 Å². The summed E-state index contributed by atoms with van der Waals surface area (Å²) in [7, 11) is 0. The zero-order valence-corrected chi connectivity index (χ0v) is 11.0. The minimum atomic E-state index is -0.990. The van der Waals surface area contributed by atoms with E-state index in [4.69, 9.17) is 5.11 Å². The van der Waals surface area contributed by atoms with E-state index in [9.17, 15) is 9.59 Å². The number of carboxylic acids is 1. The van der Waals surface area contributed by atoms with E-state index < -0.39 is 12.0 Å². The SMILES string of the molecule is CCCC(NC(=O)c1cccc(C)c1C)C(=O)O. The van der Waals surface area contributed by atoms with Crippen molar-refractivity contribution in [3.8, 4) is 0 Å². The molecule has 0 aromatic heterocycles. The monoisotopic (exact) mass is 249 g/mol. The summed E-state index contributed by atoms with van der Waals surface area (Å²) < 4.78 is 0. The van der Waals surface area contributed by atoms with Gasteiger partial charge in [0.1, 0.15) is 6.04 Å². The summed E-state index contributed by atoms with van der Waals surface area (Å²) in [6.45, 7) is 5.67. The van der Waals surface area contributed by atoms with Gasteiger partial charge in [0.25, 0.3) is 5.91 Å². The molecule has 4 nitrogen and oxygen atoms in total. The molecule has 0 aliphatic heterocycles. The van der Waals surface area contributed by atoms with E-state index in [-0.39, 0.29) is 5.91 Å². The van der Waals surface area contributed by atoms with Crippen LogP contribution in [0.3, 0.4) is 0 Å². The Bertz CT molecular complexity index is 454. The minimum absolute atomic E-state index is 0.322. The number of carbonyl (C=O) groups excluding carboxylic acids is 1. The van der Waals surface area contributed by atoms with E-state index in [1.807, 2.05) is 26.8 Å². The average Bonchev–Trinajstić information content (AvgIpc) is 2.31. The smallest absolute Gasteiger partial charge is 0.326 e. The normalized spacial score (nSPS) is 11.9. The van der Waals surface area contributed by atoms with E-state index in [1.54, 1.807) is 12.1 Å². The predicted octanol–water partition coefficient (Wildman–Crippen LogP) is 2.29. The van der Waals surface area contributed by atoms with E-state index in [2.05, 4.69) is 5.32 Å². The summed E-state index contributed by atoms with van der Waals surface area (Å²) in [6, 6.07) is 4.62. The number of carboxylic acid groups (broad SMARTS) is 1. The Kier molecular flexibility index (Phi) is 4.89. The maximum atomic E-state index is 12.0. The van der Waals surface area contributed by atoms with Gasteiger partial charge in [0, 0.05) is 5.56 Å². The average molecular weight is 249 g/mol. The lowest BCUT2D eigenvalue weighted by atomic mass is 10.0. The van der Waals surface area contributed by atoms with Gasteiger partial charge in [-0.05, 0) is 37.5 Å². The molecule has 0 radical (unpaired) electrons. The molecule has 2 N–H and O–H groups in total. The van der Waals surface area contributed by atoms with Crippen molar-refractivity contribution in [3.63, 3.8) is 0 Å². The number of nitrogens with one attached hydrogen (secondary N) is 1. The molecule has 1 amide bonds. The topological polar surface area (TPSA) is 66.4 Å². The molecule has 1 rings (SSSR count). The second-order valence-corrected chi connectivity index (χ2v) is 4.40. The Morgan fingerprint density at radius 1 is 1.33 bits per heavy atom. The minimum Gasteiger partial charge on any atom is -0.480 e. The third-order valence-electron chi connectivity index (χ3n) is 3.03. The highest BCUT2D eigenvalue weighted by Crippen LogP contribution is 2.13. The fourth-order valence-corrected chi connectivity index (χ4v) is 1.78. The van der Waals surface area contributed by atoms with Gasteiger partial charge >= 0.3 is 5.97 Å². The van der Waals surface area contributed by atoms with Crippen molar-refractivity contribution < 1.29 is 14.7 Å². The molecule has 1 atom stereocenters. The van der Waals surface area contributed by atoms with E-state index in [0.29, 0.717) is 18.4 Å². The highest BCUT2D eigenvalue weighted by molar-refractivity contribution is 5.98. The number of hydrogen-bond donors (Lipinski definition) is 2. The van der Waals surface area contributed by atoms with Crippen LogP contribution in [-0.4, -0.2) is 23.0 Å². The van der Waals surface area contributed by atoms with Crippen molar-refractivity contribution in [1.82, 2.24) is 5.32 Å². The van der Waals surface area contributed by atoms with Gasteiger partial charge in [-0.1, -0.05) is 25.5 Å². The number of amides is 1. The van der Waals surface area contributed by atoms with Gasteiger partial charge in [0.05, 0.1) is 0 Å². The molecule has 0 bridgehead atoms. The van der Waals surface area contributed by atoms with Crippen LogP contribution in [0.4, 0.5) is 0 Å². The van der Waals surface area contributed by atoms with Gasteiger partial charge in [-0.2, -0.15) is 0 Å². The molecule has 0 saturated heterocycles. The highest BCUT2D eigenvalue weighted by Gasteiger charge is 2.20. The molecule has 0 aliphatic carbocycles. The molecular formula is C14H19NO3. The molecule has 1 aromatic carbocycles. The second kappa shape index (κ2) is 6.19. The van der Waals surface area contributed by atoms with Crippen molar-refractivity contribution in [1.29, 1.82) is 0 Å². The van der Waals surface area contributed by atoms with E-state index in [1.165, 1.54) is 0 Å².